The number of rotatable bonds is 9. The topological polar surface area (TPSA) is 85.7 Å². The minimum atomic E-state index is -0.279. The van der Waals surface area contributed by atoms with Crippen LogP contribution in [0.25, 0.3) is 0 Å². The van der Waals surface area contributed by atoms with Gasteiger partial charge in [-0.15, -0.1) is 6.42 Å². The van der Waals surface area contributed by atoms with Gasteiger partial charge in [-0.2, -0.15) is 5.10 Å². The maximum atomic E-state index is 12.0. The molecule has 1 heterocycles. The summed E-state index contributed by atoms with van der Waals surface area (Å²) in [6.45, 7) is 6.11. The van der Waals surface area contributed by atoms with Gasteiger partial charge in [0.2, 0.25) is 0 Å². The number of nitrogens with one attached hydrogen (secondary N) is 1. The van der Waals surface area contributed by atoms with Crippen molar-refractivity contribution in [2.75, 3.05) is 19.0 Å². The third-order valence-corrected chi connectivity index (χ3v) is 4.46. The van der Waals surface area contributed by atoms with E-state index >= 15 is 0 Å². The molecule has 0 bridgehead atoms. The van der Waals surface area contributed by atoms with Crippen LogP contribution in [0.1, 0.15) is 23.9 Å². The molecule has 9 heteroatoms. The first-order valence-corrected chi connectivity index (χ1v) is 10.1. The summed E-state index contributed by atoms with van der Waals surface area (Å²) in [4.78, 5) is 20.6. The molecule has 0 saturated heterocycles. The van der Waals surface area contributed by atoms with Crippen LogP contribution in [0.4, 0.5) is 0 Å². The van der Waals surface area contributed by atoms with E-state index in [1.807, 2.05) is 26.8 Å². The minimum absolute atomic E-state index is 0.0745. The number of carbonyl (C=O) groups excluding carboxylic acids is 1. The number of hydrogen-bond acceptors (Lipinski definition) is 7. The summed E-state index contributed by atoms with van der Waals surface area (Å²) >= 11 is 7.49. The Labute approximate surface area is 179 Å². The molecule has 0 fully saturated rings. The van der Waals surface area contributed by atoms with Crippen molar-refractivity contribution in [3.05, 3.63) is 40.2 Å². The summed E-state index contributed by atoms with van der Waals surface area (Å²) in [5.41, 5.74) is 4.81. The maximum absolute atomic E-state index is 12.0. The van der Waals surface area contributed by atoms with Crippen LogP contribution in [-0.4, -0.2) is 41.1 Å². The number of aromatic nitrogens is 2. The number of nitrogens with zero attached hydrogens (tertiary/aromatic N) is 3. The van der Waals surface area contributed by atoms with E-state index in [-0.39, 0.29) is 18.3 Å². The molecule has 0 spiro atoms. The van der Waals surface area contributed by atoms with Crippen LogP contribution in [0.15, 0.2) is 28.5 Å². The van der Waals surface area contributed by atoms with Crippen LogP contribution >= 0.6 is 23.4 Å². The highest BCUT2D eigenvalue weighted by atomic mass is 35.5. The molecular weight excluding hydrogens is 412 g/mol. The zero-order valence-electron chi connectivity index (χ0n) is 16.4. The number of thioether (sulfide) groups is 1. The van der Waals surface area contributed by atoms with Gasteiger partial charge in [0.15, 0.2) is 16.7 Å². The van der Waals surface area contributed by atoms with E-state index in [2.05, 4.69) is 26.4 Å². The highest BCUT2D eigenvalue weighted by molar-refractivity contribution is 7.99. The summed E-state index contributed by atoms with van der Waals surface area (Å²) in [7, 11) is 0. The van der Waals surface area contributed by atoms with Crippen molar-refractivity contribution in [1.82, 2.24) is 15.4 Å². The number of ether oxygens (including phenoxy) is 2. The molecule has 0 radical (unpaired) electrons. The molecular formula is C20H21ClN4O3S. The van der Waals surface area contributed by atoms with Gasteiger partial charge in [-0.3, -0.25) is 4.79 Å². The Morgan fingerprint density at radius 3 is 2.69 bits per heavy atom. The number of hydrazone groups is 1. The third kappa shape index (κ3) is 7.29. The molecule has 29 heavy (non-hydrogen) atoms. The molecule has 1 amide bonds. The molecule has 7 nitrogen and oxygen atoms in total. The maximum Gasteiger partial charge on any atom is 0.250 e. The summed E-state index contributed by atoms with van der Waals surface area (Å²) in [5, 5.41) is 4.84. The molecule has 1 N–H and O–H groups in total. The fourth-order valence-electron chi connectivity index (χ4n) is 2.28. The van der Waals surface area contributed by atoms with Crippen LogP contribution in [0, 0.1) is 26.2 Å². The Morgan fingerprint density at radius 2 is 2.03 bits per heavy atom. The van der Waals surface area contributed by atoms with Gasteiger partial charge in [-0.05, 0) is 44.5 Å². The predicted octanol–water partition coefficient (Wildman–Crippen LogP) is 3.40. The molecule has 0 aliphatic heterocycles. The van der Waals surface area contributed by atoms with E-state index in [0.29, 0.717) is 33.8 Å². The largest absolute Gasteiger partial charge is 0.490 e. The van der Waals surface area contributed by atoms with Crippen molar-refractivity contribution in [2.24, 2.45) is 5.10 Å². The normalized spacial score (nSPS) is 10.6. The van der Waals surface area contributed by atoms with E-state index in [4.69, 9.17) is 27.5 Å². The first-order chi connectivity index (χ1) is 13.9. The lowest BCUT2D eigenvalue weighted by molar-refractivity contribution is -0.118. The molecule has 0 unspecified atom stereocenters. The second-order valence-corrected chi connectivity index (χ2v) is 7.12. The summed E-state index contributed by atoms with van der Waals surface area (Å²) in [6, 6.07) is 5.22. The van der Waals surface area contributed by atoms with Crippen LogP contribution in [0.5, 0.6) is 11.5 Å². The SMILES string of the molecule is C#CCOc1c(Cl)cc(/C=N\NC(=O)CSc2nc(C)cc(C)n2)cc1OCC. The van der Waals surface area contributed by atoms with E-state index in [1.165, 1.54) is 18.0 Å². The van der Waals surface area contributed by atoms with E-state index in [0.717, 1.165) is 11.4 Å². The van der Waals surface area contributed by atoms with Gasteiger partial charge < -0.3 is 9.47 Å². The molecule has 2 aromatic rings. The lowest BCUT2D eigenvalue weighted by Crippen LogP contribution is -2.19. The Kier molecular flexibility index (Phi) is 8.77. The molecule has 0 aliphatic rings. The molecule has 152 valence electrons. The van der Waals surface area contributed by atoms with E-state index in [9.17, 15) is 4.79 Å². The Balaban J connectivity index is 1.98. The quantitative estimate of drug-likeness (QED) is 0.215. The van der Waals surface area contributed by atoms with E-state index in [1.54, 1.807) is 12.1 Å². The lowest BCUT2D eigenvalue weighted by Gasteiger charge is -2.12. The second kappa shape index (κ2) is 11.3. The van der Waals surface area contributed by atoms with E-state index < -0.39 is 0 Å². The van der Waals surface area contributed by atoms with Crippen molar-refractivity contribution < 1.29 is 14.3 Å². The zero-order valence-corrected chi connectivity index (χ0v) is 17.9. The Bertz CT molecular complexity index is 924. The fourth-order valence-corrected chi connectivity index (χ4v) is 3.29. The van der Waals surface area contributed by atoms with Crippen molar-refractivity contribution in [3.63, 3.8) is 0 Å². The summed E-state index contributed by atoms with van der Waals surface area (Å²) < 4.78 is 11.0. The minimum Gasteiger partial charge on any atom is -0.490 e. The first-order valence-electron chi connectivity index (χ1n) is 8.72. The number of benzene rings is 1. The summed E-state index contributed by atoms with van der Waals surface area (Å²) in [6.07, 6.45) is 6.69. The molecule has 0 saturated carbocycles. The highest BCUT2D eigenvalue weighted by Gasteiger charge is 2.12. The second-order valence-electron chi connectivity index (χ2n) is 5.77. The van der Waals surface area contributed by atoms with Gasteiger partial charge in [-0.1, -0.05) is 29.3 Å². The van der Waals surface area contributed by atoms with Crippen LogP contribution in [0.2, 0.25) is 5.02 Å². The summed E-state index contributed by atoms with van der Waals surface area (Å²) in [5.74, 6) is 3.07. The number of carbonyl (C=O) groups is 1. The van der Waals surface area contributed by atoms with Gasteiger partial charge in [0.1, 0.15) is 6.61 Å². The Morgan fingerprint density at radius 1 is 1.31 bits per heavy atom. The zero-order chi connectivity index (χ0) is 21.2. The van der Waals surface area contributed by atoms with Crippen molar-refractivity contribution in [3.8, 4) is 23.8 Å². The molecule has 0 aliphatic carbocycles. The van der Waals surface area contributed by atoms with Crippen LogP contribution in [-0.2, 0) is 4.79 Å². The number of amides is 1. The average molecular weight is 433 g/mol. The van der Waals surface area contributed by atoms with Gasteiger partial charge in [0, 0.05) is 11.4 Å². The monoisotopic (exact) mass is 432 g/mol. The van der Waals surface area contributed by atoms with Crippen molar-refractivity contribution in [2.45, 2.75) is 25.9 Å². The first kappa shape index (κ1) is 22.5. The van der Waals surface area contributed by atoms with Crippen molar-refractivity contribution in [1.29, 1.82) is 0 Å². The van der Waals surface area contributed by atoms with Crippen LogP contribution in [0.3, 0.4) is 0 Å². The molecule has 2 rings (SSSR count). The molecule has 1 aromatic heterocycles. The lowest BCUT2D eigenvalue weighted by atomic mass is 10.2. The smallest absolute Gasteiger partial charge is 0.250 e. The van der Waals surface area contributed by atoms with Gasteiger partial charge in [0.05, 0.1) is 23.6 Å². The number of aryl methyl sites for hydroxylation is 2. The number of halogens is 1. The standard InChI is InChI=1S/C20H21ClN4O3S/c1-5-7-28-19-16(21)9-15(10-17(19)27-6-2)11-22-25-18(26)12-29-20-23-13(3)8-14(4)24-20/h1,8-11H,6-7,12H2,2-4H3,(H,25,26)/b22-11-. The van der Waals surface area contributed by atoms with Gasteiger partial charge in [-0.25, -0.2) is 15.4 Å². The third-order valence-electron chi connectivity index (χ3n) is 3.33. The number of terminal acetylenes is 1. The fraction of sp³-hybridized carbons (Fsp3) is 0.300. The average Bonchev–Trinajstić information content (AvgIpc) is 2.65. The van der Waals surface area contributed by atoms with Gasteiger partial charge in [0.25, 0.3) is 5.91 Å². The molecule has 0 atom stereocenters. The van der Waals surface area contributed by atoms with Crippen LogP contribution < -0.4 is 14.9 Å². The number of hydrogen-bond donors (Lipinski definition) is 1. The Hall–Kier alpha value is -2.76. The van der Waals surface area contributed by atoms with Crippen molar-refractivity contribution >= 4 is 35.5 Å². The molecule has 1 aromatic carbocycles. The van der Waals surface area contributed by atoms with Gasteiger partial charge >= 0.3 is 0 Å². The highest BCUT2D eigenvalue weighted by Crippen LogP contribution is 2.36. The predicted molar refractivity (Wildman–Crippen MR) is 115 cm³/mol.